The predicted molar refractivity (Wildman–Crippen MR) is 103 cm³/mol. The molecule has 27 heavy (non-hydrogen) atoms. The lowest BCUT2D eigenvalue weighted by Crippen LogP contribution is -2.54. The van der Waals surface area contributed by atoms with Gasteiger partial charge in [-0.2, -0.15) is 0 Å². The fourth-order valence-corrected chi connectivity index (χ4v) is 2.99. The molecule has 7 nitrogen and oxygen atoms in total. The number of nitrogens with one attached hydrogen (secondary N) is 3. The van der Waals surface area contributed by atoms with Gasteiger partial charge in [0.15, 0.2) is 0 Å². The van der Waals surface area contributed by atoms with E-state index in [2.05, 4.69) is 16.0 Å². The van der Waals surface area contributed by atoms with Crippen LogP contribution in [0, 0.1) is 0 Å². The molecule has 0 saturated carbocycles. The van der Waals surface area contributed by atoms with Crippen molar-refractivity contribution < 1.29 is 19.4 Å². The molecular weight excluding hydrogens is 346 g/mol. The maximum atomic E-state index is 12.9. The molecule has 0 aromatic heterocycles. The molecule has 1 aliphatic rings. The molecule has 2 rings (SSSR count). The molecule has 1 saturated heterocycles. The number of alkyl carbamates (subject to hydrolysis) is 1. The van der Waals surface area contributed by atoms with Crippen molar-refractivity contribution in [3.8, 4) is 0 Å². The standard InChI is InChI=1S/C20H31N3O4/c1-20(2,3)27-19(26)23-16(12-14-8-5-4-6-9-14)18(25)22-15-10-7-11-21-13-17(15)24/h4-6,8-9,15-17,21,24H,7,10-13H2,1-3H3,(H,22,25)(H,23,26)/t15?,16-,17?/m0/s1. The number of hydrogen-bond donors (Lipinski definition) is 4. The first-order valence-corrected chi connectivity index (χ1v) is 9.47. The fraction of sp³-hybridized carbons (Fsp3) is 0.600. The van der Waals surface area contributed by atoms with Crippen molar-refractivity contribution in [2.24, 2.45) is 0 Å². The lowest BCUT2D eigenvalue weighted by atomic mass is 10.0. The van der Waals surface area contributed by atoms with Crippen LogP contribution in [0.25, 0.3) is 0 Å². The van der Waals surface area contributed by atoms with Gasteiger partial charge in [-0.25, -0.2) is 4.79 Å². The summed E-state index contributed by atoms with van der Waals surface area (Å²) >= 11 is 0. The highest BCUT2D eigenvalue weighted by Gasteiger charge is 2.29. The van der Waals surface area contributed by atoms with Gasteiger partial charge in [-0.3, -0.25) is 4.79 Å². The van der Waals surface area contributed by atoms with Crippen LogP contribution >= 0.6 is 0 Å². The lowest BCUT2D eigenvalue weighted by Gasteiger charge is -2.26. The molecule has 1 aromatic carbocycles. The smallest absolute Gasteiger partial charge is 0.408 e. The Bertz CT molecular complexity index is 615. The Labute approximate surface area is 160 Å². The van der Waals surface area contributed by atoms with Gasteiger partial charge in [0.05, 0.1) is 12.1 Å². The molecule has 1 fully saturated rings. The van der Waals surface area contributed by atoms with Gasteiger partial charge in [0.2, 0.25) is 5.91 Å². The molecule has 0 aliphatic carbocycles. The SMILES string of the molecule is CC(C)(C)OC(=O)N[C@@H](Cc1ccccc1)C(=O)NC1CCCNCC1O. The molecular formula is C20H31N3O4. The first-order valence-electron chi connectivity index (χ1n) is 9.47. The summed E-state index contributed by atoms with van der Waals surface area (Å²) in [6.07, 6.45) is 0.597. The molecule has 7 heteroatoms. The highest BCUT2D eigenvalue weighted by Crippen LogP contribution is 2.11. The topological polar surface area (TPSA) is 99.7 Å². The Hall–Kier alpha value is -2.12. The number of ether oxygens (including phenoxy) is 1. The van der Waals surface area contributed by atoms with Gasteiger partial charge in [-0.1, -0.05) is 30.3 Å². The van der Waals surface area contributed by atoms with Crippen molar-refractivity contribution in [1.82, 2.24) is 16.0 Å². The van der Waals surface area contributed by atoms with Crippen LogP contribution in [0.4, 0.5) is 4.79 Å². The van der Waals surface area contributed by atoms with E-state index >= 15 is 0 Å². The molecule has 150 valence electrons. The van der Waals surface area contributed by atoms with E-state index in [9.17, 15) is 14.7 Å². The second-order valence-electron chi connectivity index (χ2n) is 7.92. The summed E-state index contributed by atoms with van der Waals surface area (Å²) in [5.74, 6) is -0.323. The van der Waals surface area contributed by atoms with Gasteiger partial charge in [-0.15, -0.1) is 0 Å². The van der Waals surface area contributed by atoms with Crippen LogP contribution in [0.1, 0.15) is 39.2 Å². The number of aliphatic hydroxyl groups is 1. The summed E-state index contributed by atoms with van der Waals surface area (Å²) in [6, 6.07) is 8.35. The molecule has 4 N–H and O–H groups in total. The monoisotopic (exact) mass is 377 g/mol. The number of β-amino-alcohol motifs (C(OH)–C–C–N with tert-alkyl or cyclic N) is 1. The number of hydrogen-bond acceptors (Lipinski definition) is 5. The zero-order valence-corrected chi connectivity index (χ0v) is 16.3. The van der Waals surface area contributed by atoms with Crippen LogP contribution in [0.5, 0.6) is 0 Å². The van der Waals surface area contributed by atoms with E-state index in [1.165, 1.54) is 0 Å². The van der Waals surface area contributed by atoms with Gasteiger partial charge < -0.3 is 25.8 Å². The fourth-order valence-electron chi connectivity index (χ4n) is 2.99. The summed E-state index contributed by atoms with van der Waals surface area (Å²) in [5, 5.41) is 18.9. The molecule has 2 amide bonds. The van der Waals surface area contributed by atoms with Crippen molar-refractivity contribution in [2.45, 2.75) is 63.8 Å². The molecule has 1 aromatic rings. The Kier molecular flexibility index (Phi) is 7.62. The Morgan fingerprint density at radius 3 is 2.67 bits per heavy atom. The van der Waals surface area contributed by atoms with E-state index < -0.39 is 23.8 Å². The summed E-state index contributed by atoms with van der Waals surface area (Å²) < 4.78 is 5.30. The molecule has 0 bridgehead atoms. The molecule has 1 aliphatic heterocycles. The van der Waals surface area contributed by atoms with E-state index in [1.807, 2.05) is 30.3 Å². The van der Waals surface area contributed by atoms with E-state index in [-0.39, 0.29) is 11.9 Å². The predicted octanol–water partition coefficient (Wildman–Crippen LogP) is 1.35. The van der Waals surface area contributed by atoms with Crippen LogP contribution in [0.15, 0.2) is 30.3 Å². The molecule has 0 spiro atoms. The number of benzene rings is 1. The second-order valence-corrected chi connectivity index (χ2v) is 7.92. The summed E-state index contributed by atoms with van der Waals surface area (Å²) in [7, 11) is 0. The first kappa shape index (κ1) is 21.2. The normalized spacial score (nSPS) is 21.6. The zero-order chi connectivity index (χ0) is 19.9. The van der Waals surface area contributed by atoms with E-state index in [0.29, 0.717) is 19.4 Å². The Morgan fingerprint density at radius 2 is 2.00 bits per heavy atom. The largest absolute Gasteiger partial charge is 0.444 e. The lowest BCUT2D eigenvalue weighted by molar-refractivity contribution is -0.124. The van der Waals surface area contributed by atoms with Crippen LogP contribution in [-0.2, 0) is 16.0 Å². The summed E-state index contributed by atoms with van der Waals surface area (Å²) in [6.45, 7) is 6.57. The van der Waals surface area contributed by atoms with Gasteiger partial charge in [0.1, 0.15) is 11.6 Å². The third-order valence-electron chi connectivity index (χ3n) is 4.30. The average molecular weight is 377 g/mol. The number of carbonyl (C=O) groups is 2. The molecule has 2 unspecified atom stereocenters. The first-order chi connectivity index (χ1) is 12.7. The van der Waals surface area contributed by atoms with Gasteiger partial charge in [0.25, 0.3) is 0 Å². The average Bonchev–Trinajstić information content (AvgIpc) is 2.78. The van der Waals surface area contributed by atoms with Crippen LogP contribution in [-0.4, -0.2) is 54.0 Å². The van der Waals surface area contributed by atoms with Gasteiger partial charge >= 0.3 is 6.09 Å². The number of rotatable bonds is 5. The van der Waals surface area contributed by atoms with Crippen molar-refractivity contribution in [3.05, 3.63) is 35.9 Å². The zero-order valence-electron chi connectivity index (χ0n) is 16.3. The third kappa shape index (κ3) is 7.56. The minimum absolute atomic E-state index is 0.323. The van der Waals surface area contributed by atoms with E-state index in [4.69, 9.17) is 4.74 Å². The quantitative estimate of drug-likeness (QED) is 0.621. The van der Waals surface area contributed by atoms with Crippen molar-refractivity contribution in [1.29, 1.82) is 0 Å². The molecule has 3 atom stereocenters. The minimum Gasteiger partial charge on any atom is -0.444 e. The van der Waals surface area contributed by atoms with Crippen molar-refractivity contribution in [3.63, 3.8) is 0 Å². The third-order valence-corrected chi connectivity index (χ3v) is 4.30. The number of amides is 2. The van der Waals surface area contributed by atoms with Crippen LogP contribution < -0.4 is 16.0 Å². The second kappa shape index (κ2) is 9.71. The van der Waals surface area contributed by atoms with Gasteiger partial charge in [-0.05, 0) is 45.7 Å². The number of carbonyl (C=O) groups excluding carboxylic acids is 2. The Balaban J connectivity index is 2.07. The summed E-state index contributed by atoms with van der Waals surface area (Å²) in [4.78, 5) is 25.1. The highest BCUT2D eigenvalue weighted by atomic mass is 16.6. The molecule has 0 radical (unpaired) electrons. The maximum Gasteiger partial charge on any atom is 0.408 e. The highest BCUT2D eigenvalue weighted by molar-refractivity contribution is 5.86. The van der Waals surface area contributed by atoms with Gasteiger partial charge in [0, 0.05) is 13.0 Å². The van der Waals surface area contributed by atoms with E-state index in [0.717, 1.165) is 18.5 Å². The molecule has 1 heterocycles. The maximum absolute atomic E-state index is 12.9. The van der Waals surface area contributed by atoms with Crippen LogP contribution in [0.2, 0.25) is 0 Å². The summed E-state index contributed by atoms with van der Waals surface area (Å²) in [5.41, 5.74) is 0.276. The van der Waals surface area contributed by atoms with Crippen LogP contribution in [0.3, 0.4) is 0 Å². The Morgan fingerprint density at radius 1 is 1.30 bits per heavy atom. The van der Waals surface area contributed by atoms with E-state index in [1.54, 1.807) is 20.8 Å². The van der Waals surface area contributed by atoms with Crippen molar-refractivity contribution in [2.75, 3.05) is 13.1 Å². The van der Waals surface area contributed by atoms with Crippen molar-refractivity contribution >= 4 is 12.0 Å². The number of aliphatic hydroxyl groups excluding tert-OH is 1. The minimum atomic E-state index is -0.786.